The molecule has 0 aromatic heterocycles. The van der Waals surface area contributed by atoms with Crippen molar-refractivity contribution < 1.29 is 19.7 Å². The maximum Gasteiger partial charge on any atom is 0.307 e. The molecule has 1 aromatic carbocycles. The second kappa shape index (κ2) is 3.80. The summed E-state index contributed by atoms with van der Waals surface area (Å²) in [5.41, 5.74) is 0.599. The minimum atomic E-state index is -0.909. The quantitative estimate of drug-likeness (QED) is 0.743. The number of ether oxygens (including phenoxy) is 1. The van der Waals surface area contributed by atoms with Crippen molar-refractivity contribution >= 4 is 5.97 Å². The lowest BCUT2D eigenvalue weighted by atomic mass is 10.6. The van der Waals surface area contributed by atoms with Crippen molar-refractivity contribution in [2.45, 2.75) is 6.42 Å². The first-order valence-electron chi connectivity index (χ1n) is 3.71. The van der Waals surface area contributed by atoms with Crippen LogP contribution in [0.3, 0.4) is 0 Å². The molecule has 0 heterocycles. The van der Waals surface area contributed by atoms with E-state index in [0.29, 0.717) is 11.3 Å². The highest BCUT2D eigenvalue weighted by Crippen LogP contribution is 2.26. The second-order valence-electron chi connectivity index (χ2n) is 2.58. The molecule has 70 valence electrons. The molecule has 0 aliphatic carbocycles. The molecule has 0 aliphatic rings. The van der Waals surface area contributed by atoms with Crippen LogP contribution in [0.1, 0.15) is 5.56 Å². The van der Waals surface area contributed by atoms with Gasteiger partial charge in [-0.25, -0.2) is 0 Å². The van der Waals surface area contributed by atoms with E-state index in [1.54, 1.807) is 6.07 Å². The summed E-state index contributed by atoms with van der Waals surface area (Å²) in [6, 6.07) is 4.46. The zero-order valence-electron chi connectivity index (χ0n) is 7.15. The van der Waals surface area contributed by atoms with Crippen LogP contribution in [0, 0.1) is 0 Å². The number of methoxy groups -OCH3 is 1. The lowest BCUT2D eigenvalue weighted by molar-refractivity contribution is -0.136. The third kappa shape index (κ3) is 2.37. The summed E-state index contributed by atoms with van der Waals surface area (Å²) in [7, 11) is 1.42. The van der Waals surface area contributed by atoms with Gasteiger partial charge < -0.3 is 14.9 Å². The fourth-order valence-corrected chi connectivity index (χ4v) is 1.01. The van der Waals surface area contributed by atoms with E-state index in [0.717, 1.165) is 0 Å². The Balaban J connectivity index is 2.92. The Morgan fingerprint density at radius 2 is 2.23 bits per heavy atom. The minimum absolute atomic E-state index is 0.0108. The summed E-state index contributed by atoms with van der Waals surface area (Å²) in [5.74, 6) is -0.608. The van der Waals surface area contributed by atoms with Crippen molar-refractivity contribution in [1.29, 1.82) is 0 Å². The van der Waals surface area contributed by atoms with Crippen LogP contribution < -0.4 is 4.74 Å². The number of hydrogen-bond donors (Lipinski definition) is 2. The second-order valence-corrected chi connectivity index (χ2v) is 2.58. The topological polar surface area (TPSA) is 66.8 Å². The molecule has 0 amide bonds. The van der Waals surface area contributed by atoms with E-state index >= 15 is 0 Å². The molecule has 0 radical (unpaired) electrons. The first-order chi connectivity index (χ1) is 6.13. The fourth-order valence-electron chi connectivity index (χ4n) is 1.01. The molecule has 0 unspecified atom stereocenters. The molecule has 4 heteroatoms. The van der Waals surface area contributed by atoms with Crippen LogP contribution in [-0.4, -0.2) is 23.3 Å². The number of phenols is 1. The highest BCUT2D eigenvalue weighted by molar-refractivity contribution is 5.70. The molecule has 0 atom stereocenters. The van der Waals surface area contributed by atoms with Gasteiger partial charge in [0.15, 0.2) is 11.5 Å². The van der Waals surface area contributed by atoms with Gasteiger partial charge >= 0.3 is 5.97 Å². The Morgan fingerprint density at radius 3 is 2.77 bits per heavy atom. The third-order valence-corrected chi connectivity index (χ3v) is 1.60. The number of aromatic hydroxyl groups is 1. The zero-order valence-corrected chi connectivity index (χ0v) is 7.15. The van der Waals surface area contributed by atoms with Crippen molar-refractivity contribution in [2.75, 3.05) is 7.11 Å². The fraction of sp³-hybridized carbons (Fsp3) is 0.222. The van der Waals surface area contributed by atoms with Crippen LogP contribution in [0.5, 0.6) is 11.5 Å². The molecule has 0 saturated heterocycles. The number of phenolic OH excluding ortho intramolecular Hbond substituents is 1. The summed E-state index contributed by atoms with van der Waals surface area (Å²) >= 11 is 0. The van der Waals surface area contributed by atoms with Gasteiger partial charge in [0, 0.05) is 0 Å². The van der Waals surface area contributed by atoms with Gasteiger partial charge in [-0.05, 0) is 17.7 Å². The minimum Gasteiger partial charge on any atom is -0.504 e. The number of hydrogen-bond acceptors (Lipinski definition) is 3. The summed E-state index contributed by atoms with van der Waals surface area (Å²) in [5, 5.41) is 17.7. The predicted octanol–water partition coefficient (Wildman–Crippen LogP) is 1.03. The Kier molecular flexibility index (Phi) is 2.74. The summed E-state index contributed by atoms with van der Waals surface area (Å²) in [6.07, 6.45) is -0.0728. The molecule has 0 spiro atoms. The van der Waals surface area contributed by atoms with Crippen LogP contribution in [0.2, 0.25) is 0 Å². The number of rotatable bonds is 3. The van der Waals surface area contributed by atoms with Crippen molar-refractivity contribution in [3.8, 4) is 11.5 Å². The standard InChI is InChI=1S/C9H10O4/c1-13-8-4-6(5-9(11)12)2-3-7(8)10/h2-4,10H,5H2,1H3,(H,11,12)/i2+1,3+1,4+1,6+1,7+1,8+1. The molecule has 1 aromatic rings. The van der Waals surface area contributed by atoms with Crippen molar-refractivity contribution in [1.82, 2.24) is 0 Å². The average molecular weight is 188 g/mol. The largest absolute Gasteiger partial charge is 0.504 e. The van der Waals surface area contributed by atoms with E-state index in [1.807, 2.05) is 0 Å². The van der Waals surface area contributed by atoms with E-state index in [1.165, 1.54) is 19.2 Å². The van der Waals surface area contributed by atoms with E-state index in [2.05, 4.69) is 0 Å². The molecule has 0 aliphatic heterocycles. The van der Waals surface area contributed by atoms with Gasteiger partial charge in [0.25, 0.3) is 0 Å². The lowest BCUT2D eigenvalue weighted by Gasteiger charge is -2.04. The van der Waals surface area contributed by atoms with Crippen LogP contribution >= 0.6 is 0 Å². The van der Waals surface area contributed by atoms with Gasteiger partial charge in [-0.1, -0.05) is 6.07 Å². The highest BCUT2D eigenvalue weighted by atomic mass is 16.6. The van der Waals surface area contributed by atoms with Gasteiger partial charge in [0.1, 0.15) is 0 Å². The maximum absolute atomic E-state index is 10.3. The number of benzene rings is 1. The van der Waals surface area contributed by atoms with E-state index in [9.17, 15) is 9.90 Å². The summed E-state index contributed by atoms with van der Waals surface area (Å²) < 4.78 is 4.82. The molecular weight excluding hydrogens is 178 g/mol. The molecule has 13 heavy (non-hydrogen) atoms. The maximum atomic E-state index is 10.3. The summed E-state index contributed by atoms with van der Waals surface area (Å²) in [6.45, 7) is 0. The van der Waals surface area contributed by atoms with Gasteiger partial charge in [-0.2, -0.15) is 0 Å². The Labute approximate surface area is 75.4 Å². The average Bonchev–Trinajstić information content (AvgIpc) is 2.07. The first kappa shape index (κ1) is 9.38. The van der Waals surface area contributed by atoms with E-state index < -0.39 is 5.97 Å². The summed E-state index contributed by atoms with van der Waals surface area (Å²) in [4.78, 5) is 10.3. The number of carboxylic acids is 1. The first-order valence-corrected chi connectivity index (χ1v) is 3.71. The molecule has 1 rings (SSSR count). The lowest BCUT2D eigenvalue weighted by Crippen LogP contribution is -2.00. The van der Waals surface area contributed by atoms with Gasteiger partial charge in [0.2, 0.25) is 0 Å². The van der Waals surface area contributed by atoms with Crippen LogP contribution in [0.4, 0.5) is 0 Å². The number of aliphatic carboxylic acids is 1. The molecular formula is C9H10O4. The monoisotopic (exact) mass is 188 g/mol. The van der Waals surface area contributed by atoms with Crippen LogP contribution in [0.25, 0.3) is 0 Å². The van der Waals surface area contributed by atoms with Gasteiger partial charge in [-0.3, -0.25) is 4.79 Å². The molecule has 0 fully saturated rings. The van der Waals surface area contributed by atoms with E-state index in [-0.39, 0.29) is 12.2 Å². The van der Waals surface area contributed by atoms with Crippen LogP contribution in [0.15, 0.2) is 18.2 Å². The SMILES string of the molecule is CO[13c]1[13cH][13c](CC(=O)O)[13cH][13cH][13c]1O. The molecule has 0 bridgehead atoms. The Bertz CT molecular complexity index is 319. The smallest absolute Gasteiger partial charge is 0.307 e. The van der Waals surface area contributed by atoms with Gasteiger partial charge in [-0.15, -0.1) is 0 Å². The van der Waals surface area contributed by atoms with Crippen molar-refractivity contribution in [3.05, 3.63) is 23.8 Å². The Hall–Kier alpha value is -1.71. The third-order valence-electron chi connectivity index (χ3n) is 1.60. The number of carboxylic acid groups (broad SMARTS) is 1. The van der Waals surface area contributed by atoms with Crippen molar-refractivity contribution in [3.63, 3.8) is 0 Å². The van der Waals surface area contributed by atoms with E-state index in [4.69, 9.17) is 9.84 Å². The van der Waals surface area contributed by atoms with Gasteiger partial charge in [0.05, 0.1) is 13.5 Å². The normalized spacial score (nSPS) is 9.62. The highest BCUT2D eigenvalue weighted by Gasteiger charge is 2.05. The molecule has 4 nitrogen and oxygen atoms in total. The molecule has 2 N–H and O–H groups in total. The predicted molar refractivity (Wildman–Crippen MR) is 46.0 cm³/mol. The van der Waals surface area contributed by atoms with Crippen LogP contribution in [-0.2, 0) is 11.2 Å². The Morgan fingerprint density at radius 1 is 1.54 bits per heavy atom. The number of carbonyl (C=O) groups is 1. The van der Waals surface area contributed by atoms with Crippen molar-refractivity contribution in [2.24, 2.45) is 0 Å². The molecule has 0 saturated carbocycles. The zero-order chi connectivity index (χ0) is 9.84.